The summed E-state index contributed by atoms with van der Waals surface area (Å²) in [6.45, 7) is 4.93. The van der Waals surface area contributed by atoms with Gasteiger partial charge in [0.1, 0.15) is 0 Å². The van der Waals surface area contributed by atoms with Gasteiger partial charge in [0.2, 0.25) is 5.91 Å². The van der Waals surface area contributed by atoms with E-state index in [1.165, 1.54) is 302 Å². The number of aliphatic hydroxyl groups is 2. The van der Waals surface area contributed by atoms with Crippen molar-refractivity contribution >= 4 is 11.9 Å². The molecule has 0 aromatic rings. The van der Waals surface area contributed by atoms with E-state index in [0.717, 1.165) is 44.9 Å². The van der Waals surface area contributed by atoms with Crippen molar-refractivity contribution in [3.8, 4) is 0 Å². The molecule has 6 nitrogen and oxygen atoms in total. The van der Waals surface area contributed by atoms with Crippen molar-refractivity contribution in [3.05, 3.63) is 36.5 Å². The molecule has 0 spiro atoms. The zero-order chi connectivity index (χ0) is 55.0. The second kappa shape index (κ2) is 65.6. The quantitative estimate of drug-likeness (QED) is 0.0320. The lowest BCUT2D eigenvalue weighted by Crippen LogP contribution is -2.45. The molecular formula is C70H133NO5. The molecule has 0 rings (SSSR count). The maximum absolute atomic E-state index is 12.5. The molecule has 2 atom stereocenters. The highest BCUT2D eigenvalue weighted by molar-refractivity contribution is 5.76. The van der Waals surface area contributed by atoms with E-state index in [2.05, 4.69) is 43.5 Å². The second-order valence-corrected chi connectivity index (χ2v) is 23.5. The second-order valence-electron chi connectivity index (χ2n) is 23.5. The third-order valence-electron chi connectivity index (χ3n) is 15.9. The summed E-state index contributed by atoms with van der Waals surface area (Å²) in [7, 11) is 0. The largest absolute Gasteiger partial charge is 0.466 e. The Morgan fingerprint density at radius 3 is 1.00 bits per heavy atom. The van der Waals surface area contributed by atoms with Crippen LogP contribution in [0.25, 0.3) is 0 Å². The lowest BCUT2D eigenvalue weighted by molar-refractivity contribution is -0.143. The van der Waals surface area contributed by atoms with Gasteiger partial charge in [0.15, 0.2) is 0 Å². The number of hydrogen-bond donors (Lipinski definition) is 3. The minimum absolute atomic E-state index is 0.00960. The van der Waals surface area contributed by atoms with E-state index in [0.29, 0.717) is 19.4 Å². The first kappa shape index (κ1) is 74.1. The third-order valence-corrected chi connectivity index (χ3v) is 15.9. The van der Waals surface area contributed by atoms with Crippen LogP contribution in [-0.4, -0.2) is 47.4 Å². The molecule has 6 heteroatoms. The summed E-state index contributed by atoms with van der Waals surface area (Å²) in [6.07, 6.45) is 83.5. The summed E-state index contributed by atoms with van der Waals surface area (Å²) in [5.41, 5.74) is 0. The maximum Gasteiger partial charge on any atom is 0.305 e. The average molecular weight is 1070 g/mol. The van der Waals surface area contributed by atoms with Gasteiger partial charge in [-0.2, -0.15) is 0 Å². The lowest BCUT2D eigenvalue weighted by Gasteiger charge is -2.20. The molecule has 0 aromatic heterocycles. The Hall–Kier alpha value is -1.92. The van der Waals surface area contributed by atoms with Crippen molar-refractivity contribution < 1.29 is 24.5 Å². The highest BCUT2D eigenvalue weighted by atomic mass is 16.5. The Morgan fingerprint density at radius 1 is 0.368 bits per heavy atom. The van der Waals surface area contributed by atoms with Gasteiger partial charge >= 0.3 is 5.97 Å². The zero-order valence-corrected chi connectivity index (χ0v) is 51.3. The molecule has 0 saturated heterocycles. The number of esters is 1. The summed E-state index contributed by atoms with van der Waals surface area (Å²) in [5, 5.41) is 23.2. The summed E-state index contributed by atoms with van der Waals surface area (Å²) in [5.74, 6) is -0.0611. The Labute approximate surface area is 474 Å². The Bertz CT molecular complexity index is 1230. The van der Waals surface area contributed by atoms with E-state index < -0.39 is 12.1 Å². The Balaban J connectivity index is 3.46. The summed E-state index contributed by atoms with van der Waals surface area (Å²) >= 11 is 0. The van der Waals surface area contributed by atoms with Crippen LogP contribution >= 0.6 is 0 Å². The fraction of sp³-hybridized carbons (Fsp3) is 0.886. The van der Waals surface area contributed by atoms with Crippen LogP contribution < -0.4 is 5.32 Å². The molecule has 0 fully saturated rings. The van der Waals surface area contributed by atoms with Crippen LogP contribution in [0.2, 0.25) is 0 Å². The number of carbonyl (C=O) groups excluding carboxylic acids is 2. The topological polar surface area (TPSA) is 95.9 Å². The molecule has 0 saturated carbocycles. The fourth-order valence-electron chi connectivity index (χ4n) is 10.7. The number of allylic oxidation sites excluding steroid dienone is 5. The number of hydrogen-bond acceptors (Lipinski definition) is 5. The van der Waals surface area contributed by atoms with E-state index >= 15 is 0 Å². The zero-order valence-electron chi connectivity index (χ0n) is 51.3. The van der Waals surface area contributed by atoms with E-state index in [1.807, 2.05) is 6.08 Å². The normalized spacial score (nSPS) is 12.7. The number of ether oxygens (including phenoxy) is 1. The monoisotopic (exact) mass is 1070 g/mol. The first-order chi connectivity index (χ1) is 37.5. The van der Waals surface area contributed by atoms with Crippen LogP contribution in [-0.2, 0) is 14.3 Å². The highest BCUT2D eigenvalue weighted by Crippen LogP contribution is 2.18. The Kier molecular flexibility index (Phi) is 63.9. The number of unbranched alkanes of at least 4 members (excludes halogenated alkanes) is 49. The van der Waals surface area contributed by atoms with Crippen LogP contribution in [0.1, 0.15) is 373 Å². The van der Waals surface area contributed by atoms with Gasteiger partial charge < -0.3 is 20.3 Å². The number of nitrogens with one attached hydrogen (secondary N) is 1. The fourth-order valence-corrected chi connectivity index (χ4v) is 10.7. The molecule has 0 aromatic carbocycles. The van der Waals surface area contributed by atoms with E-state index in [1.54, 1.807) is 6.08 Å². The van der Waals surface area contributed by atoms with Gasteiger partial charge in [-0.3, -0.25) is 9.59 Å². The van der Waals surface area contributed by atoms with Crippen molar-refractivity contribution in [2.24, 2.45) is 0 Å². The molecule has 0 heterocycles. The molecule has 3 N–H and O–H groups in total. The summed E-state index contributed by atoms with van der Waals surface area (Å²) < 4.78 is 5.47. The number of carbonyl (C=O) groups is 2. The first-order valence-corrected chi connectivity index (χ1v) is 34.3. The summed E-state index contributed by atoms with van der Waals surface area (Å²) in [6, 6.07) is -0.634. The molecule has 0 radical (unpaired) electrons. The molecular weight excluding hydrogens is 935 g/mol. The molecule has 0 bridgehead atoms. The predicted octanol–water partition coefficient (Wildman–Crippen LogP) is 21.9. The molecule has 0 aliphatic carbocycles. The molecule has 0 aliphatic rings. The standard InChI is InChI=1S/C70H133NO5/c1-3-5-7-9-11-13-15-17-18-19-20-21-27-30-33-36-39-42-46-50-54-58-62-68(73)67(66-72)71-69(74)63-59-55-51-47-43-40-37-34-31-28-25-23-22-24-26-29-32-35-38-41-45-49-53-57-61-65-76-70(75)64-60-56-52-48-44-16-14-12-10-8-6-4-2/h23-26,58,62,67-68,72-73H,3-22,27-57,59-61,63-66H2,1-2H3,(H,71,74)/b25-23-,26-24-,62-58+. The first-order valence-electron chi connectivity index (χ1n) is 34.3. The van der Waals surface area contributed by atoms with E-state index in [4.69, 9.17) is 4.74 Å². The Morgan fingerprint density at radius 2 is 0.658 bits per heavy atom. The molecule has 1 amide bonds. The summed E-state index contributed by atoms with van der Waals surface area (Å²) in [4.78, 5) is 24.5. The minimum Gasteiger partial charge on any atom is -0.466 e. The number of amides is 1. The van der Waals surface area contributed by atoms with Gasteiger partial charge in [0.05, 0.1) is 25.4 Å². The van der Waals surface area contributed by atoms with E-state index in [9.17, 15) is 19.8 Å². The predicted molar refractivity (Wildman–Crippen MR) is 333 cm³/mol. The average Bonchev–Trinajstić information content (AvgIpc) is 3.42. The third kappa shape index (κ3) is 61.3. The van der Waals surface area contributed by atoms with Crippen LogP contribution in [0.3, 0.4) is 0 Å². The van der Waals surface area contributed by atoms with Gasteiger partial charge in [-0.15, -0.1) is 0 Å². The van der Waals surface area contributed by atoms with Gasteiger partial charge in [-0.1, -0.05) is 333 Å². The highest BCUT2D eigenvalue weighted by Gasteiger charge is 2.18. The van der Waals surface area contributed by atoms with Gasteiger partial charge in [0.25, 0.3) is 0 Å². The van der Waals surface area contributed by atoms with Crippen molar-refractivity contribution in [1.82, 2.24) is 5.32 Å². The van der Waals surface area contributed by atoms with Gasteiger partial charge in [-0.05, 0) is 64.2 Å². The number of rotatable bonds is 64. The van der Waals surface area contributed by atoms with Crippen molar-refractivity contribution in [1.29, 1.82) is 0 Å². The SMILES string of the molecule is CCCCCCCCCCCCCCCCCCCCCC/C=C/C(O)C(CO)NC(=O)CCCCCCCCCCC/C=C\C/C=C\CCCCCCCCCCCOC(=O)CCCCCCCCCCCCCC. The van der Waals surface area contributed by atoms with Crippen LogP contribution in [0.4, 0.5) is 0 Å². The van der Waals surface area contributed by atoms with Crippen LogP contribution in [0, 0.1) is 0 Å². The molecule has 0 aliphatic heterocycles. The molecule has 448 valence electrons. The van der Waals surface area contributed by atoms with E-state index in [-0.39, 0.29) is 18.5 Å². The molecule has 76 heavy (non-hydrogen) atoms. The van der Waals surface area contributed by atoms with Crippen molar-refractivity contribution in [3.63, 3.8) is 0 Å². The van der Waals surface area contributed by atoms with Crippen LogP contribution in [0.15, 0.2) is 36.5 Å². The van der Waals surface area contributed by atoms with Crippen LogP contribution in [0.5, 0.6) is 0 Å². The lowest BCUT2D eigenvalue weighted by atomic mass is 10.0. The molecule has 2 unspecified atom stereocenters. The van der Waals surface area contributed by atoms with Gasteiger partial charge in [-0.25, -0.2) is 0 Å². The minimum atomic E-state index is -0.850. The van der Waals surface area contributed by atoms with Crippen molar-refractivity contribution in [2.75, 3.05) is 13.2 Å². The maximum atomic E-state index is 12.5. The van der Waals surface area contributed by atoms with Gasteiger partial charge in [0, 0.05) is 12.8 Å². The van der Waals surface area contributed by atoms with Crippen molar-refractivity contribution in [2.45, 2.75) is 386 Å². The smallest absolute Gasteiger partial charge is 0.305 e. The number of aliphatic hydroxyl groups excluding tert-OH is 2.